The number of ether oxygens (including phenoxy) is 1. The van der Waals surface area contributed by atoms with E-state index in [0.717, 1.165) is 12.2 Å². The van der Waals surface area contributed by atoms with Crippen LogP contribution in [0.3, 0.4) is 0 Å². The van der Waals surface area contributed by atoms with Crippen molar-refractivity contribution in [2.24, 2.45) is 0 Å². The average Bonchev–Trinajstić information content (AvgIpc) is 2.24. The van der Waals surface area contributed by atoms with Crippen molar-refractivity contribution in [3.8, 4) is 5.75 Å². The molecule has 0 heterocycles. The number of hydrogen-bond donors (Lipinski definition) is 1. The van der Waals surface area contributed by atoms with Gasteiger partial charge in [-0.3, -0.25) is 0 Å². The summed E-state index contributed by atoms with van der Waals surface area (Å²) in [6, 6.07) is 6.61. The van der Waals surface area contributed by atoms with Crippen LogP contribution in [0.2, 0.25) is 19.6 Å². The average molecular weight is 252 g/mol. The second kappa shape index (κ2) is 5.36. The summed E-state index contributed by atoms with van der Waals surface area (Å²) in [7, 11) is -1.34. The Morgan fingerprint density at radius 2 is 1.82 bits per heavy atom. The summed E-state index contributed by atoms with van der Waals surface area (Å²) in [5.74, 6) is -0.155. The van der Waals surface area contributed by atoms with E-state index in [9.17, 15) is 4.79 Å². The van der Waals surface area contributed by atoms with E-state index >= 15 is 0 Å². The predicted molar refractivity (Wildman–Crippen MR) is 71.5 cm³/mol. The highest BCUT2D eigenvalue weighted by atomic mass is 28.3. The van der Waals surface area contributed by atoms with Crippen LogP contribution in [-0.2, 0) is 0 Å². The zero-order valence-electron chi connectivity index (χ0n) is 10.9. The highest BCUT2D eigenvalue weighted by molar-refractivity contribution is 6.77. The van der Waals surface area contributed by atoms with E-state index in [1.54, 1.807) is 24.3 Å². The van der Waals surface area contributed by atoms with Gasteiger partial charge < -0.3 is 9.84 Å². The van der Waals surface area contributed by atoms with Crippen LogP contribution in [0.15, 0.2) is 24.3 Å². The molecule has 1 atom stereocenters. The summed E-state index contributed by atoms with van der Waals surface area (Å²) in [5, 5.41) is 8.80. The van der Waals surface area contributed by atoms with Gasteiger partial charge in [0.15, 0.2) is 0 Å². The molecule has 0 spiro atoms. The molecule has 0 aromatic heterocycles. The SMILES string of the molecule is CCC(Oc1ccc(C(=O)O)cc1)[Si](C)(C)C. The largest absolute Gasteiger partial charge is 0.494 e. The summed E-state index contributed by atoms with van der Waals surface area (Å²) in [5.41, 5.74) is 0.552. The number of aromatic carboxylic acids is 1. The molecule has 0 aliphatic carbocycles. The molecule has 1 unspecified atom stereocenters. The van der Waals surface area contributed by atoms with Crippen molar-refractivity contribution in [1.29, 1.82) is 0 Å². The maximum Gasteiger partial charge on any atom is 0.335 e. The van der Waals surface area contributed by atoms with Crippen LogP contribution in [0.25, 0.3) is 0 Å². The molecular formula is C13H20O3Si. The van der Waals surface area contributed by atoms with Crippen molar-refractivity contribution in [3.63, 3.8) is 0 Å². The number of carbonyl (C=O) groups is 1. The van der Waals surface area contributed by atoms with Crippen LogP contribution in [0.4, 0.5) is 0 Å². The lowest BCUT2D eigenvalue weighted by molar-refractivity contribution is 0.0697. The Morgan fingerprint density at radius 3 is 2.18 bits per heavy atom. The molecule has 0 bridgehead atoms. The first-order chi connectivity index (χ1) is 7.84. The van der Waals surface area contributed by atoms with Gasteiger partial charge in [-0.15, -0.1) is 0 Å². The Morgan fingerprint density at radius 1 is 1.29 bits per heavy atom. The smallest absolute Gasteiger partial charge is 0.335 e. The molecule has 0 amide bonds. The second-order valence-corrected chi connectivity index (χ2v) is 10.6. The second-order valence-electron chi connectivity index (χ2n) is 5.21. The Balaban J connectivity index is 2.78. The fraction of sp³-hybridized carbons (Fsp3) is 0.462. The molecule has 0 saturated heterocycles. The quantitative estimate of drug-likeness (QED) is 0.817. The lowest BCUT2D eigenvalue weighted by atomic mass is 10.2. The molecule has 0 radical (unpaired) electrons. The van der Waals surface area contributed by atoms with E-state index in [4.69, 9.17) is 9.84 Å². The first-order valence-corrected chi connectivity index (χ1v) is 9.42. The van der Waals surface area contributed by atoms with Gasteiger partial charge in [-0.1, -0.05) is 26.6 Å². The van der Waals surface area contributed by atoms with E-state index in [1.807, 2.05) is 0 Å². The van der Waals surface area contributed by atoms with E-state index in [1.165, 1.54) is 0 Å². The van der Waals surface area contributed by atoms with Crippen LogP contribution < -0.4 is 4.74 Å². The van der Waals surface area contributed by atoms with Crippen molar-refractivity contribution in [1.82, 2.24) is 0 Å². The zero-order chi connectivity index (χ0) is 13.1. The molecule has 0 saturated carbocycles. The van der Waals surface area contributed by atoms with Crippen LogP contribution in [0, 0.1) is 0 Å². The van der Waals surface area contributed by atoms with Gasteiger partial charge in [-0.05, 0) is 30.7 Å². The number of benzene rings is 1. The summed E-state index contributed by atoms with van der Waals surface area (Å²) in [4.78, 5) is 10.7. The number of rotatable bonds is 5. The molecule has 1 rings (SSSR count). The maximum absolute atomic E-state index is 10.7. The Bertz CT molecular complexity index is 379. The minimum Gasteiger partial charge on any atom is -0.494 e. The van der Waals surface area contributed by atoms with Crippen molar-refractivity contribution < 1.29 is 14.6 Å². The topological polar surface area (TPSA) is 46.5 Å². The first-order valence-electron chi connectivity index (χ1n) is 5.84. The van der Waals surface area contributed by atoms with Gasteiger partial charge in [0.25, 0.3) is 0 Å². The zero-order valence-corrected chi connectivity index (χ0v) is 11.9. The van der Waals surface area contributed by atoms with Crippen LogP contribution in [0.1, 0.15) is 23.7 Å². The van der Waals surface area contributed by atoms with Crippen molar-refractivity contribution in [3.05, 3.63) is 29.8 Å². The molecule has 1 N–H and O–H groups in total. The van der Waals surface area contributed by atoms with Crippen LogP contribution in [-0.4, -0.2) is 24.9 Å². The first kappa shape index (κ1) is 13.8. The van der Waals surface area contributed by atoms with Crippen molar-refractivity contribution >= 4 is 14.0 Å². The molecule has 1 aromatic rings. The fourth-order valence-electron chi connectivity index (χ4n) is 1.71. The third-order valence-corrected chi connectivity index (χ3v) is 5.17. The molecule has 0 aliphatic rings. The van der Waals surface area contributed by atoms with Gasteiger partial charge in [-0.25, -0.2) is 4.79 Å². The third kappa shape index (κ3) is 3.89. The molecule has 4 heteroatoms. The predicted octanol–water partition coefficient (Wildman–Crippen LogP) is 3.42. The molecule has 0 fully saturated rings. The summed E-state index contributed by atoms with van der Waals surface area (Å²) in [6.45, 7) is 8.93. The van der Waals surface area contributed by atoms with Gasteiger partial charge in [-0.2, -0.15) is 0 Å². The van der Waals surface area contributed by atoms with E-state index in [2.05, 4.69) is 26.6 Å². The van der Waals surface area contributed by atoms with E-state index in [-0.39, 0.29) is 5.73 Å². The van der Waals surface area contributed by atoms with Crippen LogP contribution >= 0.6 is 0 Å². The highest BCUT2D eigenvalue weighted by Crippen LogP contribution is 2.20. The van der Waals surface area contributed by atoms with Gasteiger partial charge in [0.05, 0.1) is 19.4 Å². The molecule has 0 aliphatic heterocycles. The Labute approximate surface area is 103 Å². The van der Waals surface area contributed by atoms with Gasteiger partial charge >= 0.3 is 5.97 Å². The summed E-state index contributed by atoms with van der Waals surface area (Å²) >= 11 is 0. The molecule has 1 aromatic carbocycles. The summed E-state index contributed by atoms with van der Waals surface area (Å²) in [6.07, 6.45) is 0.983. The van der Waals surface area contributed by atoms with E-state index in [0.29, 0.717) is 5.56 Å². The number of hydrogen-bond acceptors (Lipinski definition) is 2. The minimum absolute atomic E-state index is 0.262. The van der Waals surface area contributed by atoms with Gasteiger partial charge in [0, 0.05) is 0 Å². The normalized spacial score (nSPS) is 13.2. The molecule has 17 heavy (non-hydrogen) atoms. The summed E-state index contributed by atoms with van der Waals surface area (Å²) < 4.78 is 5.93. The van der Waals surface area contributed by atoms with Gasteiger partial charge in [0.2, 0.25) is 0 Å². The Kier molecular flexibility index (Phi) is 4.34. The monoisotopic (exact) mass is 252 g/mol. The highest BCUT2D eigenvalue weighted by Gasteiger charge is 2.27. The lowest BCUT2D eigenvalue weighted by Gasteiger charge is -2.28. The lowest BCUT2D eigenvalue weighted by Crippen LogP contribution is -2.42. The van der Waals surface area contributed by atoms with Gasteiger partial charge in [0.1, 0.15) is 5.75 Å². The van der Waals surface area contributed by atoms with Crippen molar-refractivity contribution in [2.75, 3.05) is 0 Å². The molecular weight excluding hydrogens is 232 g/mol. The van der Waals surface area contributed by atoms with Crippen molar-refractivity contribution in [2.45, 2.75) is 38.7 Å². The molecule has 3 nitrogen and oxygen atoms in total. The number of carboxylic acid groups (broad SMARTS) is 1. The van der Waals surface area contributed by atoms with Crippen LogP contribution in [0.5, 0.6) is 5.75 Å². The third-order valence-electron chi connectivity index (χ3n) is 2.72. The maximum atomic E-state index is 10.7. The van der Waals surface area contributed by atoms with E-state index < -0.39 is 14.0 Å². The molecule has 94 valence electrons. The fourth-order valence-corrected chi connectivity index (χ4v) is 3.43. The Hall–Kier alpha value is -1.29. The minimum atomic E-state index is -1.34. The standard InChI is InChI=1S/C13H20O3Si/c1-5-12(17(2,3)4)16-11-8-6-10(7-9-11)13(14)15/h6-9,12H,5H2,1-4H3,(H,14,15). The number of carboxylic acids is 1.